The number of carbonyl (C=O) groups excluding carboxylic acids is 1. The maximum atomic E-state index is 13.2. The molecule has 34 heavy (non-hydrogen) atoms. The van der Waals surface area contributed by atoms with Crippen LogP contribution in [0.15, 0.2) is 73.1 Å². The van der Waals surface area contributed by atoms with E-state index in [0.717, 1.165) is 12.1 Å². The van der Waals surface area contributed by atoms with Crippen LogP contribution in [0.5, 0.6) is 0 Å². The topological polar surface area (TPSA) is 104 Å². The SMILES string of the molecule is O=C(Nc1cccc(CNc2ncnc3c(C(=O)O)cccc23)c1)c1ccccc1C(F)(F)F. The summed E-state index contributed by atoms with van der Waals surface area (Å²) in [5.74, 6) is -1.56. The largest absolute Gasteiger partial charge is 0.478 e. The second-order valence-electron chi connectivity index (χ2n) is 7.28. The Morgan fingerprint density at radius 2 is 1.65 bits per heavy atom. The van der Waals surface area contributed by atoms with Crippen molar-refractivity contribution in [3.63, 3.8) is 0 Å². The molecule has 0 radical (unpaired) electrons. The number of carboxylic acids is 1. The maximum Gasteiger partial charge on any atom is 0.417 e. The standard InChI is InChI=1S/C24H17F3N4O3/c25-24(26,27)19-10-2-1-7-16(19)22(32)31-15-6-3-5-14(11-15)12-28-21-17-8-4-9-18(23(33)34)20(17)29-13-30-21/h1-11,13H,12H2,(H,31,32)(H,33,34)(H,28,29,30). The summed E-state index contributed by atoms with van der Waals surface area (Å²) in [7, 11) is 0. The third-order valence-corrected chi connectivity index (χ3v) is 5.02. The van der Waals surface area contributed by atoms with Gasteiger partial charge in [0.2, 0.25) is 0 Å². The Bertz CT molecular complexity index is 1390. The Kier molecular flexibility index (Phi) is 6.13. The van der Waals surface area contributed by atoms with E-state index in [1.165, 1.54) is 24.5 Å². The lowest BCUT2D eigenvalue weighted by Crippen LogP contribution is -2.18. The zero-order valence-electron chi connectivity index (χ0n) is 17.4. The highest BCUT2D eigenvalue weighted by Crippen LogP contribution is 2.32. The van der Waals surface area contributed by atoms with E-state index >= 15 is 0 Å². The zero-order chi connectivity index (χ0) is 24.3. The first-order chi connectivity index (χ1) is 16.2. The predicted octanol–water partition coefficient (Wildman–Crippen LogP) is 5.21. The Morgan fingerprint density at radius 1 is 0.912 bits per heavy atom. The van der Waals surface area contributed by atoms with E-state index in [4.69, 9.17) is 0 Å². The number of halogens is 3. The first-order valence-electron chi connectivity index (χ1n) is 10.0. The minimum Gasteiger partial charge on any atom is -0.478 e. The summed E-state index contributed by atoms with van der Waals surface area (Å²) in [6.07, 6.45) is -3.40. The number of nitrogens with one attached hydrogen (secondary N) is 2. The maximum absolute atomic E-state index is 13.2. The van der Waals surface area contributed by atoms with Gasteiger partial charge in [0.15, 0.2) is 0 Å². The van der Waals surface area contributed by atoms with E-state index in [0.29, 0.717) is 22.5 Å². The Labute approximate surface area is 191 Å². The summed E-state index contributed by atoms with van der Waals surface area (Å²) >= 11 is 0. The first-order valence-corrected chi connectivity index (χ1v) is 10.0. The number of nitrogens with zero attached hydrogens (tertiary/aromatic N) is 2. The third kappa shape index (κ3) is 4.80. The van der Waals surface area contributed by atoms with Crippen LogP contribution in [0.25, 0.3) is 10.9 Å². The zero-order valence-corrected chi connectivity index (χ0v) is 17.4. The number of aromatic nitrogens is 2. The van der Waals surface area contributed by atoms with Crippen molar-refractivity contribution in [2.24, 2.45) is 0 Å². The number of para-hydroxylation sites is 1. The summed E-state index contributed by atoms with van der Waals surface area (Å²) in [4.78, 5) is 32.2. The Hall–Kier alpha value is -4.47. The summed E-state index contributed by atoms with van der Waals surface area (Å²) in [5.41, 5.74) is -0.115. The molecule has 0 saturated heterocycles. The van der Waals surface area contributed by atoms with Crippen molar-refractivity contribution < 1.29 is 27.9 Å². The molecule has 1 heterocycles. The molecule has 0 saturated carbocycles. The molecule has 7 nitrogen and oxygen atoms in total. The molecule has 0 spiro atoms. The van der Waals surface area contributed by atoms with E-state index < -0.39 is 29.2 Å². The van der Waals surface area contributed by atoms with Gasteiger partial charge in [-0.1, -0.05) is 30.3 Å². The first kappa shape index (κ1) is 22.7. The molecule has 0 unspecified atom stereocenters. The average Bonchev–Trinajstić information content (AvgIpc) is 2.82. The molecule has 4 aromatic rings. The van der Waals surface area contributed by atoms with E-state index in [-0.39, 0.29) is 17.6 Å². The smallest absolute Gasteiger partial charge is 0.417 e. The van der Waals surface area contributed by atoms with Crippen molar-refractivity contribution in [3.05, 3.63) is 95.3 Å². The number of rotatable bonds is 6. The number of hydrogen-bond donors (Lipinski definition) is 3. The van der Waals surface area contributed by atoms with Gasteiger partial charge in [-0.2, -0.15) is 13.2 Å². The van der Waals surface area contributed by atoms with Gasteiger partial charge in [-0.15, -0.1) is 0 Å². The number of benzene rings is 3. The lowest BCUT2D eigenvalue weighted by Gasteiger charge is -2.13. The van der Waals surface area contributed by atoms with Gasteiger partial charge in [0.1, 0.15) is 12.1 Å². The van der Waals surface area contributed by atoms with Crippen molar-refractivity contribution in [2.45, 2.75) is 12.7 Å². The summed E-state index contributed by atoms with van der Waals surface area (Å²) in [5, 5.41) is 15.5. The number of alkyl halides is 3. The highest BCUT2D eigenvalue weighted by Gasteiger charge is 2.34. The van der Waals surface area contributed by atoms with Crippen LogP contribution in [0.3, 0.4) is 0 Å². The predicted molar refractivity (Wildman–Crippen MR) is 120 cm³/mol. The van der Waals surface area contributed by atoms with Crippen LogP contribution in [0.1, 0.15) is 31.8 Å². The minimum absolute atomic E-state index is 0.0480. The number of anilines is 2. The van der Waals surface area contributed by atoms with Crippen molar-refractivity contribution in [1.29, 1.82) is 0 Å². The number of amides is 1. The molecule has 0 bridgehead atoms. The quantitative estimate of drug-likeness (QED) is 0.360. The molecule has 3 N–H and O–H groups in total. The van der Waals surface area contributed by atoms with Gasteiger partial charge < -0.3 is 15.7 Å². The minimum atomic E-state index is -4.65. The van der Waals surface area contributed by atoms with Gasteiger partial charge in [0, 0.05) is 17.6 Å². The highest BCUT2D eigenvalue weighted by molar-refractivity contribution is 6.06. The van der Waals surface area contributed by atoms with Crippen LogP contribution in [-0.2, 0) is 12.7 Å². The fourth-order valence-electron chi connectivity index (χ4n) is 3.47. The van der Waals surface area contributed by atoms with Crippen LogP contribution in [0.2, 0.25) is 0 Å². The number of carboxylic acid groups (broad SMARTS) is 1. The third-order valence-electron chi connectivity index (χ3n) is 5.02. The van der Waals surface area contributed by atoms with Gasteiger partial charge in [0.05, 0.1) is 22.2 Å². The van der Waals surface area contributed by atoms with E-state index in [1.807, 2.05) is 0 Å². The molecule has 0 atom stereocenters. The number of hydrogen-bond acceptors (Lipinski definition) is 5. The van der Waals surface area contributed by atoms with Crippen LogP contribution >= 0.6 is 0 Å². The van der Waals surface area contributed by atoms with Crippen molar-refractivity contribution in [1.82, 2.24) is 9.97 Å². The van der Waals surface area contributed by atoms with Crippen LogP contribution in [0, 0.1) is 0 Å². The van der Waals surface area contributed by atoms with Gasteiger partial charge in [-0.05, 0) is 42.0 Å². The average molecular weight is 466 g/mol. The monoisotopic (exact) mass is 466 g/mol. The highest BCUT2D eigenvalue weighted by atomic mass is 19.4. The second-order valence-corrected chi connectivity index (χ2v) is 7.28. The molecular weight excluding hydrogens is 449 g/mol. The molecule has 10 heteroatoms. The van der Waals surface area contributed by atoms with Crippen LogP contribution in [-0.4, -0.2) is 27.0 Å². The summed E-state index contributed by atoms with van der Waals surface area (Å²) in [6.45, 7) is 0.256. The normalized spacial score (nSPS) is 11.3. The fourth-order valence-corrected chi connectivity index (χ4v) is 3.47. The van der Waals surface area contributed by atoms with Crippen LogP contribution < -0.4 is 10.6 Å². The van der Waals surface area contributed by atoms with Gasteiger partial charge in [-0.25, -0.2) is 14.8 Å². The second kappa shape index (κ2) is 9.18. The fraction of sp³-hybridized carbons (Fsp3) is 0.0833. The molecule has 1 aromatic heterocycles. The van der Waals surface area contributed by atoms with Gasteiger partial charge >= 0.3 is 12.1 Å². The van der Waals surface area contributed by atoms with Crippen molar-refractivity contribution in [3.8, 4) is 0 Å². The van der Waals surface area contributed by atoms with E-state index in [9.17, 15) is 27.9 Å². The summed E-state index contributed by atoms with van der Waals surface area (Å²) < 4.78 is 39.7. The molecule has 1 amide bonds. The van der Waals surface area contributed by atoms with Crippen molar-refractivity contribution >= 4 is 34.3 Å². The molecule has 3 aromatic carbocycles. The molecule has 0 aliphatic heterocycles. The Morgan fingerprint density at radius 3 is 2.41 bits per heavy atom. The lowest BCUT2D eigenvalue weighted by molar-refractivity contribution is -0.137. The summed E-state index contributed by atoms with van der Waals surface area (Å²) in [6, 6.07) is 15.9. The number of aromatic carboxylic acids is 1. The van der Waals surface area contributed by atoms with Gasteiger partial charge in [-0.3, -0.25) is 4.79 Å². The number of fused-ring (bicyclic) bond motifs is 1. The molecule has 0 fully saturated rings. The molecule has 0 aliphatic rings. The van der Waals surface area contributed by atoms with Crippen LogP contribution in [0.4, 0.5) is 24.7 Å². The number of carbonyl (C=O) groups is 2. The van der Waals surface area contributed by atoms with Gasteiger partial charge in [0.25, 0.3) is 5.91 Å². The molecule has 172 valence electrons. The van der Waals surface area contributed by atoms with E-state index in [1.54, 1.807) is 36.4 Å². The lowest BCUT2D eigenvalue weighted by atomic mass is 10.1. The molecule has 0 aliphatic carbocycles. The molecular formula is C24H17F3N4O3. The Balaban J connectivity index is 1.52. The molecule has 4 rings (SSSR count). The van der Waals surface area contributed by atoms with E-state index in [2.05, 4.69) is 20.6 Å². The van der Waals surface area contributed by atoms with Crippen molar-refractivity contribution in [2.75, 3.05) is 10.6 Å².